The van der Waals surface area contributed by atoms with Crippen molar-refractivity contribution in [2.75, 3.05) is 0 Å². The highest BCUT2D eigenvalue weighted by atomic mass is 16.3. The first-order chi connectivity index (χ1) is 30.1. The maximum absolute atomic E-state index is 6.39. The van der Waals surface area contributed by atoms with Crippen LogP contribution in [0.5, 0.6) is 0 Å². The fraction of sp³-hybridized carbons (Fsp3) is 0.0690. The summed E-state index contributed by atoms with van der Waals surface area (Å²) in [4.78, 5) is 0. The predicted molar refractivity (Wildman–Crippen MR) is 254 cm³/mol. The number of fused-ring (bicyclic) bond motifs is 16. The molecule has 0 radical (unpaired) electrons. The molecule has 4 aromatic heterocycles. The molecule has 0 aliphatic heterocycles. The fourth-order valence-electron chi connectivity index (χ4n) is 11.3. The maximum atomic E-state index is 6.39. The standard InChI is InChI=1S/C58H35NO2/c1-3-8-34-30-56-50(24-32(34)6-1)48-26-38(16-18-54(48)60-56)36-12-14-40-22-46-44-10-5-11-45-47-23-41-15-13-37(21-43(41)29-53(47)59(58(44)45)52(46)28-42(40)20-36)39-17-19-55-49(27-39)51-25-33-7-2-4-9-35(33)31-57(51)61-55/h1-22,24-25,27-31,38,41H,23,26H2. The number of rotatable bonds is 2. The van der Waals surface area contributed by atoms with E-state index in [-0.39, 0.29) is 5.92 Å². The van der Waals surface area contributed by atoms with E-state index in [0.717, 1.165) is 46.1 Å². The quantitative estimate of drug-likeness (QED) is 0.175. The third-order valence-corrected chi connectivity index (χ3v) is 14.3. The van der Waals surface area contributed by atoms with Gasteiger partial charge in [0.05, 0.1) is 16.7 Å². The van der Waals surface area contributed by atoms with E-state index in [1.165, 1.54) is 104 Å². The largest absolute Gasteiger partial charge is 0.456 e. The van der Waals surface area contributed by atoms with Crippen molar-refractivity contribution >= 4 is 110 Å². The number of nitrogens with zero attached hydrogens (tertiary/aromatic N) is 1. The van der Waals surface area contributed by atoms with E-state index in [0.29, 0.717) is 5.92 Å². The molecule has 0 fully saturated rings. The number of hydrogen-bond acceptors (Lipinski definition) is 2. The van der Waals surface area contributed by atoms with Crippen LogP contribution < -0.4 is 0 Å². The second kappa shape index (κ2) is 11.6. The molecule has 0 amide bonds. The molecule has 15 rings (SSSR count). The van der Waals surface area contributed by atoms with Crippen LogP contribution in [0.4, 0.5) is 0 Å². The maximum Gasteiger partial charge on any atom is 0.136 e. The lowest BCUT2D eigenvalue weighted by Gasteiger charge is -2.24. The van der Waals surface area contributed by atoms with Crippen LogP contribution in [0.2, 0.25) is 0 Å². The van der Waals surface area contributed by atoms with Gasteiger partial charge in [0.25, 0.3) is 0 Å². The van der Waals surface area contributed by atoms with Crippen molar-refractivity contribution in [3.05, 3.63) is 203 Å². The molecule has 2 unspecified atom stereocenters. The zero-order valence-electron chi connectivity index (χ0n) is 33.1. The summed E-state index contributed by atoms with van der Waals surface area (Å²) in [5.41, 5.74) is 14.7. The van der Waals surface area contributed by atoms with Crippen molar-refractivity contribution in [3.63, 3.8) is 0 Å². The molecular formula is C58H35NO2. The summed E-state index contributed by atoms with van der Waals surface area (Å²) in [6.45, 7) is 0. The average Bonchev–Trinajstić information content (AvgIpc) is 4.04. The fourth-order valence-corrected chi connectivity index (χ4v) is 11.3. The lowest BCUT2D eigenvalue weighted by Crippen LogP contribution is -2.12. The van der Waals surface area contributed by atoms with E-state index >= 15 is 0 Å². The van der Waals surface area contributed by atoms with Gasteiger partial charge in [0.1, 0.15) is 22.5 Å². The molecule has 3 heteroatoms. The van der Waals surface area contributed by atoms with E-state index in [9.17, 15) is 0 Å². The van der Waals surface area contributed by atoms with E-state index in [4.69, 9.17) is 8.83 Å². The van der Waals surface area contributed by atoms with Crippen LogP contribution in [-0.4, -0.2) is 4.40 Å². The molecule has 0 saturated heterocycles. The zero-order chi connectivity index (χ0) is 39.5. The first-order valence-corrected chi connectivity index (χ1v) is 21.5. The predicted octanol–water partition coefficient (Wildman–Crippen LogP) is 15.4. The second-order valence-electron chi connectivity index (χ2n) is 17.6. The second-order valence-corrected chi connectivity index (χ2v) is 17.6. The number of aromatic nitrogens is 1. The minimum atomic E-state index is 0.274. The Balaban J connectivity index is 0.839. The smallest absolute Gasteiger partial charge is 0.136 e. The van der Waals surface area contributed by atoms with Crippen LogP contribution >= 0.6 is 0 Å². The summed E-state index contributed by atoms with van der Waals surface area (Å²) >= 11 is 0. The van der Waals surface area contributed by atoms with Crippen LogP contribution in [0.1, 0.15) is 39.6 Å². The van der Waals surface area contributed by atoms with Crippen molar-refractivity contribution in [2.24, 2.45) is 5.92 Å². The van der Waals surface area contributed by atoms with Crippen molar-refractivity contribution in [2.45, 2.75) is 18.8 Å². The van der Waals surface area contributed by atoms with Crippen LogP contribution in [0.15, 0.2) is 178 Å². The molecule has 0 bridgehead atoms. The lowest BCUT2D eigenvalue weighted by molar-refractivity contribution is 0.592. The molecule has 2 atom stereocenters. The van der Waals surface area contributed by atoms with Crippen molar-refractivity contribution in [1.29, 1.82) is 0 Å². The Morgan fingerprint density at radius 2 is 1.16 bits per heavy atom. The van der Waals surface area contributed by atoms with Crippen molar-refractivity contribution in [3.8, 4) is 0 Å². The summed E-state index contributed by atoms with van der Waals surface area (Å²) in [7, 11) is 0. The molecule has 3 nitrogen and oxygen atoms in total. The molecule has 3 aliphatic rings. The van der Waals surface area contributed by atoms with Crippen LogP contribution in [0.25, 0.3) is 110 Å². The Kier molecular flexibility index (Phi) is 6.11. The van der Waals surface area contributed by atoms with Gasteiger partial charge in [0.2, 0.25) is 0 Å². The van der Waals surface area contributed by atoms with Gasteiger partial charge in [-0.1, -0.05) is 115 Å². The third-order valence-electron chi connectivity index (χ3n) is 14.3. The first kappa shape index (κ1) is 32.3. The van der Waals surface area contributed by atoms with Crippen LogP contribution in [0, 0.1) is 5.92 Å². The Bertz CT molecular complexity index is 4060. The molecule has 284 valence electrons. The SMILES string of the molecule is C1=CC2Cc3c(n4c5cc6cc(C7C=Cc8oc9cc%10ccccc%10cc9c8C7)ccc6cc5c5cccc3c54)C=C2C=C1c1ccc2oc3cc4ccccc4cc3c2c1. The van der Waals surface area contributed by atoms with Gasteiger partial charge < -0.3 is 13.2 Å². The minimum absolute atomic E-state index is 0.274. The van der Waals surface area contributed by atoms with E-state index in [2.05, 4.69) is 180 Å². The van der Waals surface area contributed by atoms with Gasteiger partial charge >= 0.3 is 0 Å². The Morgan fingerprint density at radius 3 is 2.02 bits per heavy atom. The topological polar surface area (TPSA) is 30.7 Å². The molecule has 0 saturated carbocycles. The highest BCUT2D eigenvalue weighted by molar-refractivity contribution is 6.19. The van der Waals surface area contributed by atoms with Gasteiger partial charge in [-0.25, -0.2) is 0 Å². The summed E-state index contributed by atoms with van der Waals surface area (Å²) in [5.74, 6) is 1.61. The van der Waals surface area contributed by atoms with E-state index < -0.39 is 0 Å². The van der Waals surface area contributed by atoms with E-state index in [1.54, 1.807) is 0 Å². The highest BCUT2D eigenvalue weighted by Crippen LogP contribution is 2.46. The monoisotopic (exact) mass is 777 g/mol. The normalized spacial score (nSPS) is 17.4. The Morgan fingerprint density at radius 1 is 0.459 bits per heavy atom. The molecule has 61 heavy (non-hydrogen) atoms. The Labute approximate surface area is 349 Å². The summed E-state index contributed by atoms with van der Waals surface area (Å²) in [6.07, 6.45) is 16.1. The van der Waals surface area contributed by atoms with Gasteiger partial charge in [-0.3, -0.25) is 0 Å². The summed E-state index contributed by atoms with van der Waals surface area (Å²) in [5, 5.41) is 15.0. The van der Waals surface area contributed by atoms with Gasteiger partial charge in [0, 0.05) is 49.7 Å². The number of para-hydroxylation sites is 1. The molecule has 0 spiro atoms. The number of benzene rings is 8. The Hall–Kier alpha value is -7.62. The number of hydrogen-bond donors (Lipinski definition) is 0. The molecule has 4 heterocycles. The van der Waals surface area contributed by atoms with E-state index in [1.807, 2.05) is 0 Å². The highest BCUT2D eigenvalue weighted by Gasteiger charge is 2.29. The summed E-state index contributed by atoms with van der Waals surface area (Å²) in [6, 6.07) is 51.6. The van der Waals surface area contributed by atoms with Crippen molar-refractivity contribution in [1.82, 2.24) is 4.40 Å². The van der Waals surface area contributed by atoms with Crippen molar-refractivity contribution < 1.29 is 8.83 Å². The van der Waals surface area contributed by atoms with Gasteiger partial charge in [-0.05, 0) is 134 Å². The number of furan rings is 2. The van der Waals surface area contributed by atoms with Crippen LogP contribution in [0.3, 0.4) is 0 Å². The van der Waals surface area contributed by atoms with Crippen LogP contribution in [-0.2, 0) is 12.8 Å². The third kappa shape index (κ3) is 4.47. The molecular weight excluding hydrogens is 743 g/mol. The van der Waals surface area contributed by atoms with Gasteiger partial charge in [0.15, 0.2) is 0 Å². The van der Waals surface area contributed by atoms with Gasteiger partial charge in [-0.2, -0.15) is 0 Å². The first-order valence-electron chi connectivity index (χ1n) is 21.5. The zero-order valence-corrected chi connectivity index (χ0v) is 33.1. The number of allylic oxidation sites excluding steroid dienone is 6. The summed E-state index contributed by atoms with van der Waals surface area (Å²) < 4.78 is 15.3. The molecule has 3 aliphatic carbocycles. The molecule has 8 aromatic carbocycles. The van der Waals surface area contributed by atoms with Gasteiger partial charge in [-0.15, -0.1) is 0 Å². The molecule has 0 N–H and O–H groups in total. The lowest BCUT2D eigenvalue weighted by atomic mass is 9.80. The minimum Gasteiger partial charge on any atom is -0.456 e. The average molecular weight is 778 g/mol. The molecule has 12 aromatic rings.